The van der Waals surface area contributed by atoms with E-state index in [1.807, 2.05) is 47.7 Å². The molecule has 0 fully saturated rings. The highest BCUT2D eigenvalue weighted by molar-refractivity contribution is 7.26. The molecule has 130 heavy (non-hydrogen) atoms. The molecule has 0 atom stereocenters. The van der Waals surface area contributed by atoms with Gasteiger partial charge in [-0.3, -0.25) is 0 Å². The van der Waals surface area contributed by atoms with E-state index < -0.39 is 10.8 Å². The predicted octanol–water partition coefficient (Wildman–Crippen LogP) is 30.8. The Hall–Kier alpha value is -16.6. The second kappa shape index (κ2) is 29.0. The van der Waals surface area contributed by atoms with Crippen molar-refractivity contribution in [3.8, 4) is 136 Å². The topological polar surface area (TPSA) is 109 Å². The van der Waals surface area contributed by atoms with Crippen molar-refractivity contribution in [2.75, 3.05) is 0 Å². The number of nitrogens with zero attached hydrogens (tertiary/aromatic N) is 7. The van der Waals surface area contributed by atoms with Gasteiger partial charge in [-0.1, -0.05) is 346 Å². The summed E-state index contributed by atoms with van der Waals surface area (Å²) >= 11 is 3.59. The van der Waals surface area contributed by atoms with Gasteiger partial charge in [-0.25, -0.2) is 34.9 Å². The van der Waals surface area contributed by atoms with Gasteiger partial charge < -0.3 is 9.47 Å². The number of fused-ring (bicyclic) bond motifs is 30. The molecule has 2 spiro atoms. The molecule has 9 nitrogen and oxygen atoms in total. The zero-order valence-corrected chi connectivity index (χ0v) is 71.2. The van der Waals surface area contributed by atoms with Gasteiger partial charge in [0.25, 0.3) is 0 Å². The fourth-order valence-electron chi connectivity index (χ4n) is 21.3. The molecule has 604 valence electrons. The molecule has 8 heterocycles. The Morgan fingerprint density at radius 1 is 0.185 bits per heavy atom. The van der Waals surface area contributed by atoms with E-state index in [2.05, 4.69) is 382 Å². The Balaban J connectivity index is 0.000000134. The summed E-state index contributed by atoms with van der Waals surface area (Å²) in [5.41, 5.74) is 26.9. The highest BCUT2D eigenvalue weighted by Crippen LogP contribution is 2.65. The third kappa shape index (κ3) is 11.1. The minimum atomic E-state index is -0.567. The number of hydrogen-bond donors (Lipinski definition) is 0. The van der Waals surface area contributed by atoms with Gasteiger partial charge in [0.1, 0.15) is 23.0 Å². The van der Waals surface area contributed by atoms with Crippen LogP contribution in [0.3, 0.4) is 0 Å². The van der Waals surface area contributed by atoms with Crippen LogP contribution in [-0.2, 0) is 10.8 Å². The standard InChI is InChI=1S/C60H35N3OS.C59H34N4OS/c1-2-15-38(16-3-1)59-62-52(35-53(63-59)44-22-14-21-43-42-20-7-13-28-56(42)65-58(43)44)36-29-31-37(32-30-36)57-46-34-55-50(33-45(46)41-19-6-11-26-51(41)61-57)60(49-25-10-12-27-54(49)64-55)47-23-8-4-17-39(47)40-18-5-9-24-48(40)60;1-2-15-36(16-3-1)56-61-57(63-58(62-56)43-22-14-21-42-41-20-7-13-28-53(41)65-55(42)43)37-31-29-35(30-32-37)54-45-34-52-49(33-44(45)40-19-6-11-26-50(40)60-54)59(48-25-10-12-27-51(48)64-52)46-23-8-4-17-38(46)39-18-5-9-24-47(39)59/h1-35H;1-34H. The highest BCUT2D eigenvalue weighted by atomic mass is 32.1. The quantitative estimate of drug-likeness (QED) is 0.137. The third-order valence-electron chi connectivity index (χ3n) is 27.0. The monoisotopic (exact) mass is 1690 g/mol. The van der Waals surface area contributed by atoms with Gasteiger partial charge in [-0.2, -0.15) is 0 Å². The number of pyridine rings is 2. The predicted molar refractivity (Wildman–Crippen MR) is 531 cm³/mol. The van der Waals surface area contributed by atoms with Crippen LogP contribution in [-0.4, -0.2) is 34.9 Å². The molecule has 2 aliphatic carbocycles. The molecule has 0 amide bonds. The molecular weight excluding hydrogens is 1620 g/mol. The first-order valence-electron chi connectivity index (χ1n) is 43.9. The Morgan fingerprint density at radius 2 is 0.523 bits per heavy atom. The van der Waals surface area contributed by atoms with Crippen molar-refractivity contribution < 1.29 is 9.47 Å². The molecule has 28 rings (SSSR count). The van der Waals surface area contributed by atoms with Crippen LogP contribution in [0.15, 0.2) is 419 Å². The first kappa shape index (κ1) is 73.8. The van der Waals surface area contributed by atoms with E-state index in [0.717, 1.165) is 161 Å². The lowest BCUT2D eigenvalue weighted by Crippen LogP contribution is -2.32. The number of ether oxygens (including phenoxy) is 2. The fraction of sp³-hybridized carbons (Fsp3) is 0.0168. The summed E-state index contributed by atoms with van der Waals surface area (Å²) in [6.45, 7) is 0. The van der Waals surface area contributed by atoms with Crippen molar-refractivity contribution in [3.05, 3.63) is 463 Å². The maximum atomic E-state index is 6.98. The molecule has 2 aliphatic heterocycles. The van der Waals surface area contributed by atoms with Gasteiger partial charge in [0.2, 0.25) is 0 Å². The number of para-hydroxylation sites is 4. The molecule has 11 heteroatoms. The maximum absolute atomic E-state index is 6.98. The molecule has 18 aromatic carbocycles. The van der Waals surface area contributed by atoms with Crippen LogP contribution in [0.2, 0.25) is 0 Å². The normalized spacial score (nSPS) is 13.2. The van der Waals surface area contributed by atoms with Gasteiger partial charge in [-0.15, -0.1) is 22.7 Å². The molecular formula is C119H69N7O2S2. The Kier molecular flexibility index (Phi) is 16.4. The minimum absolute atomic E-state index is 0.560. The van der Waals surface area contributed by atoms with Gasteiger partial charge in [0.05, 0.1) is 44.6 Å². The summed E-state index contributed by atoms with van der Waals surface area (Å²) in [6.07, 6.45) is 0. The van der Waals surface area contributed by atoms with Gasteiger partial charge in [0.15, 0.2) is 23.3 Å². The van der Waals surface area contributed by atoms with E-state index in [4.69, 9.17) is 44.4 Å². The van der Waals surface area contributed by atoms with Crippen molar-refractivity contribution in [1.82, 2.24) is 34.9 Å². The van der Waals surface area contributed by atoms with Gasteiger partial charge in [-0.05, 0) is 128 Å². The summed E-state index contributed by atoms with van der Waals surface area (Å²) in [4.78, 5) is 36.6. The molecule has 6 aromatic heterocycles. The molecule has 0 radical (unpaired) electrons. The summed E-state index contributed by atoms with van der Waals surface area (Å²) in [5, 5.41) is 11.5. The molecule has 4 aliphatic rings. The number of hydrogen-bond acceptors (Lipinski definition) is 11. The Labute approximate surface area is 754 Å². The molecule has 0 unspecified atom stereocenters. The molecule has 0 N–H and O–H groups in total. The van der Waals surface area contributed by atoms with E-state index >= 15 is 0 Å². The summed E-state index contributed by atoms with van der Waals surface area (Å²) in [5.74, 6) is 5.98. The van der Waals surface area contributed by atoms with Crippen molar-refractivity contribution in [3.63, 3.8) is 0 Å². The lowest BCUT2D eigenvalue weighted by Gasteiger charge is -2.39. The first-order valence-corrected chi connectivity index (χ1v) is 45.5. The van der Waals surface area contributed by atoms with E-state index in [1.54, 1.807) is 11.3 Å². The van der Waals surface area contributed by atoms with E-state index in [-0.39, 0.29) is 0 Å². The van der Waals surface area contributed by atoms with Crippen LogP contribution in [0.5, 0.6) is 23.0 Å². The lowest BCUT2D eigenvalue weighted by atomic mass is 9.65. The van der Waals surface area contributed by atoms with Crippen molar-refractivity contribution in [2.24, 2.45) is 0 Å². The van der Waals surface area contributed by atoms with E-state index in [0.29, 0.717) is 23.3 Å². The fourth-order valence-corrected chi connectivity index (χ4v) is 23.7. The Bertz CT molecular complexity index is 8290. The zero-order valence-electron chi connectivity index (χ0n) is 69.6. The number of rotatable bonds is 8. The number of thiophene rings is 2. The minimum Gasteiger partial charge on any atom is -0.457 e. The maximum Gasteiger partial charge on any atom is 0.165 e. The van der Waals surface area contributed by atoms with Crippen LogP contribution in [0.1, 0.15) is 44.5 Å². The van der Waals surface area contributed by atoms with Crippen molar-refractivity contribution >= 4 is 106 Å². The highest BCUT2D eigenvalue weighted by Gasteiger charge is 2.53. The summed E-state index contributed by atoms with van der Waals surface area (Å²) in [7, 11) is 0. The summed E-state index contributed by atoms with van der Waals surface area (Å²) < 4.78 is 18.8. The van der Waals surface area contributed by atoms with Crippen LogP contribution in [0, 0.1) is 0 Å². The second-order valence-corrected chi connectivity index (χ2v) is 35.9. The van der Waals surface area contributed by atoms with Crippen LogP contribution in [0.4, 0.5) is 0 Å². The Morgan fingerprint density at radius 3 is 1.00 bits per heavy atom. The van der Waals surface area contributed by atoms with Crippen molar-refractivity contribution in [2.45, 2.75) is 10.8 Å². The molecule has 24 aromatic rings. The molecule has 0 saturated heterocycles. The average Bonchev–Trinajstić information content (AvgIpc) is 1.50. The van der Waals surface area contributed by atoms with E-state index in [1.165, 1.54) is 80.2 Å². The van der Waals surface area contributed by atoms with Crippen molar-refractivity contribution in [1.29, 1.82) is 0 Å². The SMILES string of the molecule is c1ccc(-c2nc(-c3ccc(-c4nc5ccccc5c5cc6c(cc45)Oc4ccccc4C64c5ccccc5-c5ccccc54)cc3)cc(-c3cccc4c3sc3ccccc34)n2)cc1.c1ccc(-c2nc(-c3ccc(-c4nc5ccccc5c5cc6c(cc45)Oc4ccccc4C64c5ccccc5-c5ccccc54)cc3)nc(-c3cccc4c3sc3ccccc34)n2)cc1. The smallest absolute Gasteiger partial charge is 0.165 e. The zero-order chi connectivity index (χ0) is 85.3. The second-order valence-electron chi connectivity index (χ2n) is 33.8. The van der Waals surface area contributed by atoms with E-state index in [9.17, 15) is 0 Å². The number of benzene rings is 18. The lowest BCUT2D eigenvalue weighted by molar-refractivity contribution is 0.437. The molecule has 0 saturated carbocycles. The van der Waals surface area contributed by atoms with Crippen LogP contribution < -0.4 is 9.47 Å². The van der Waals surface area contributed by atoms with Gasteiger partial charge >= 0.3 is 0 Å². The largest absolute Gasteiger partial charge is 0.457 e. The van der Waals surface area contributed by atoms with Crippen LogP contribution >= 0.6 is 22.7 Å². The van der Waals surface area contributed by atoms with Crippen LogP contribution in [0.25, 0.3) is 197 Å². The van der Waals surface area contributed by atoms with Gasteiger partial charge in [0, 0.05) is 129 Å². The third-order valence-corrected chi connectivity index (χ3v) is 29.4. The first-order chi connectivity index (χ1) is 64.4. The average molecular weight is 1690 g/mol. The summed E-state index contributed by atoms with van der Waals surface area (Å²) in [6, 6.07) is 149. The number of aromatic nitrogens is 7. The molecule has 0 bridgehead atoms.